The fraction of sp³-hybridized carbons (Fsp3) is 1.00. The summed E-state index contributed by atoms with van der Waals surface area (Å²) in [5.74, 6) is 0.891. The zero-order valence-electron chi connectivity index (χ0n) is 9.94. The van der Waals surface area contributed by atoms with Crippen molar-refractivity contribution in [3.8, 4) is 0 Å². The van der Waals surface area contributed by atoms with Crippen LogP contribution in [-0.4, -0.2) is 22.8 Å². The molecular weight excluding hydrogens is 190 g/mol. The predicted octanol–water partition coefficient (Wildman–Crippen LogP) is 1.58. The molecule has 1 saturated carbocycles. The quantitative estimate of drug-likeness (QED) is 0.555. The molecule has 1 aliphatic rings. The van der Waals surface area contributed by atoms with Gasteiger partial charge in [-0.2, -0.15) is 0 Å². The first-order valence-electron chi connectivity index (χ1n) is 6.00. The van der Waals surface area contributed by atoms with Gasteiger partial charge in [0, 0.05) is 0 Å². The highest BCUT2D eigenvalue weighted by atomic mass is 28.2. The van der Waals surface area contributed by atoms with Gasteiger partial charge in [0.05, 0.1) is 0 Å². The molecule has 3 heteroatoms. The van der Waals surface area contributed by atoms with Crippen molar-refractivity contribution in [3.63, 3.8) is 0 Å². The number of hydrogen-bond donors (Lipinski definition) is 1. The third-order valence-corrected chi connectivity index (χ3v) is 4.31. The minimum Gasteiger partial charge on any atom is -0.411 e. The van der Waals surface area contributed by atoms with Crippen LogP contribution in [0.5, 0.6) is 0 Å². The Bertz CT molecular complexity index is 159. The molecule has 1 aliphatic carbocycles. The van der Waals surface area contributed by atoms with Crippen molar-refractivity contribution in [2.75, 3.05) is 6.54 Å². The highest BCUT2D eigenvalue weighted by molar-refractivity contribution is 5.98. The summed E-state index contributed by atoms with van der Waals surface area (Å²) in [6.07, 6.45) is 8.31. The third kappa shape index (κ3) is 3.71. The van der Waals surface area contributed by atoms with Crippen molar-refractivity contribution < 1.29 is 4.43 Å². The topological polar surface area (TPSA) is 21.3 Å². The van der Waals surface area contributed by atoms with E-state index in [1.807, 2.05) is 0 Å². The lowest BCUT2D eigenvalue weighted by atomic mass is 9.84. The first kappa shape index (κ1) is 12.2. The molecule has 2 nitrogen and oxygen atoms in total. The first-order chi connectivity index (χ1) is 6.70. The van der Waals surface area contributed by atoms with Crippen LogP contribution < -0.4 is 5.32 Å². The van der Waals surface area contributed by atoms with Crippen LogP contribution in [0.2, 0.25) is 0 Å². The van der Waals surface area contributed by atoms with Crippen LogP contribution in [0, 0.1) is 5.92 Å². The first-order valence-corrected chi connectivity index (χ1v) is 6.82. The minimum atomic E-state index is -0.0387. The average Bonchev–Trinajstić information content (AvgIpc) is 2.20. The van der Waals surface area contributed by atoms with Crippen molar-refractivity contribution >= 4 is 10.5 Å². The molecule has 0 heterocycles. The van der Waals surface area contributed by atoms with Crippen molar-refractivity contribution in [2.24, 2.45) is 5.92 Å². The normalized spacial score (nSPS) is 23.6. The SMILES string of the molecule is CCNC(C)(CC1CCCCC1)O[SiH3]. The molecule has 1 rings (SSSR count). The van der Waals surface area contributed by atoms with Crippen molar-refractivity contribution in [1.82, 2.24) is 5.32 Å². The van der Waals surface area contributed by atoms with Crippen molar-refractivity contribution in [3.05, 3.63) is 0 Å². The average molecular weight is 215 g/mol. The molecule has 0 spiro atoms. The van der Waals surface area contributed by atoms with E-state index in [0.29, 0.717) is 0 Å². The lowest BCUT2D eigenvalue weighted by Crippen LogP contribution is -2.46. The monoisotopic (exact) mass is 215 g/mol. The molecule has 1 atom stereocenters. The van der Waals surface area contributed by atoms with Crippen LogP contribution in [-0.2, 0) is 4.43 Å². The fourth-order valence-corrected chi connectivity index (χ4v) is 2.85. The van der Waals surface area contributed by atoms with E-state index in [2.05, 4.69) is 19.2 Å². The maximum atomic E-state index is 5.71. The summed E-state index contributed by atoms with van der Waals surface area (Å²) in [7, 11) is 0.829. The molecule has 0 bridgehead atoms. The van der Waals surface area contributed by atoms with Crippen molar-refractivity contribution in [1.29, 1.82) is 0 Å². The largest absolute Gasteiger partial charge is 0.411 e. The van der Waals surface area contributed by atoms with E-state index in [0.717, 1.165) is 22.9 Å². The number of hydrogen-bond acceptors (Lipinski definition) is 2. The Morgan fingerprint density at radius 2 is 2.00 bits per heavy atom. The second-order valence-corrected chi connectivity index (χ2v) is 5.08. The summed E-state index contributed by atoms with van der Waals surface area (Å²) in [6.45, 7) is 5.36. The Morgan fingerprint density at radius 3 is 2.50 bits per heavy atom. The molecule has 0 aromatic rings. The van der Waals surface area contributed by atoms with E-state index in [1.54, 1.807) is 0 Å². The molecule has 0 aliphatic heterocycles. The second-order valence-electron chi connectivity index (χ2n) is 4.67. The Balaban J connectivity index is 2.37. The molecule has 0 aromatic carbocycles. The van der Waals surface area contributed by atoms with Crippen LogP contribution in [0.4, 0.5) is 0 Å². The van der Waals surface area contributed by atoms with Gasteiger partial charge in [0.25, 0.3) is 0 Å². The summed E-state index contributed by atoms with van der Waals surface area (Å²) in [5.41, 5.74) is -0.0387. The van der Waals surface area contributed by atoms with Gasteiger partial charge in [-0.05, 0) is 25.8 Å². The summed E-state index contributed by atoms with van der Waals surface area (Å²) in [5, 5.41) is 3.47. The summed E-state index contributed by atoms with van der Waals surface area (Å²) < 4.78 is 5.71. The van der Waals surface area contributed by atoms with Crippen LogP contribution in [0.15, 0.2) is 0 Å². The second kappa shape index (κ2) is 5.88. The standard InChI is InChI=1S/C11H25NOSi/c1-3-12-11(2,13-14)9-10-7-5-4-6-8-10/h10,12H,3-9H2,1-2,14H3. The van der Waals surface area contributed by atoms with Crippen LogP contribution in [0.1, 0.15) is 52.4 Å². The molecule has 0 saturated heterocycles. The fourth-order valence-electron chi connectivity index (χ4n) is 2.54. The van der Waals surface area contributed by atoms with E-state index in [-0.39, 0.29) is 5.72 Å². The Morgan fingerprint density at radius 1 is 1.36 bits per heavy atom. The van der Waals surface area contributed by atoms with Crippen molar-refractivity contribution in [2.45, 2.75) is 58.1 Å². The van der Waals surface area contributed by atoms with Crippen LogP contribution >= 0.6 is 0 Å². The van der Waals surface area contributed by atoms with E-state index in [1.165, 1.54) is 38.5 Å². The van der Waals surface area contributed by atoms with Gasteiger partial charge in [-0.1, -0.05) is 39.0 Å². The van der Waals surface area contributed by atoms with Crippen LogP contribution in [0.25, 0.3) is 0 Å². The maximum absolute atomic E-state index is 5.71. The van der Waals surface area contributed by atoms with Gasteiger partial charge >= 0.3 is 0 Å². The lowest BCUT2D eigenvalue weighted by Gasteiger charge is -2.35. The van der Waals surface area contributed by atoms with E-state index in [9.17, 15) is 0 Å². The molecule has 1 N–H and O–H groups in total. The lowest BCUT2D eigenvalue weighted by molar-refractivity contribution is 0.0304. The maximum Gasteiger partial charge on any atom is 0.148 e. The predicted molar refractivity (Wildman–Crippen MR) is 64.3 cm³/mol. The van der Waals surface area contributed by atoms with Gasteiger partial charge in [0.1, 0.15) is 16.2 Å². The molecule has 84 valence electrons. The molecule has 1 unspecified atom stereocenters. The minimum absolute atomic E-state index is 0.0387. The van der Waals surface area contributed by atoms with Crippen LogP contribution in [0.3, 0.4) is 0 Å². The zero-order chi connectivity index (χ0) is 10.4. The summed E-state index contributed by atoms with van der Waals surface area (Å²) >= 11 is 0. The molecule has 14 heavy (non-hydrogen) atoms. The molecule has 1 fully saturated rings. The van der Waals surface area contributed by atoms with Gasteiger partial charge < -0.3 is 4.43 Å². The molecular formula is C11H25NOSi. The summed E-state index contributed by atoms with van der Waals surface area (Å²) in [4.78, 5) is 0. The van der Waals surface area contributed by atoms with Gasteiger partial charge in [-0.3, -0.25) is 5.32 Å². The zero-order valence-corrected chi connectivity index (χ0v) is 11.9. The Labute approximate surface area is 91.3 Å². The molecule has 0 radical (unpaired) electrons. The van der Waals surface area contributed by atoms with Gasteiger partial charge in [0.15, 0.2) is 0 Å². The van der Waals surface area contributed by atoms with E-state index < -0.39 is 0 Å². The smallest absolute Gasteiger partial charge is 0.148 e. The highest BCUT2D eigenvalue weighted by Gasteiger charge is 2.26. The van der Waals surface area contributed by atoms with Gasteiger partial charge in [-0.25, -0.2) is 0 Å². The number of nitrogens with one attached hydrogen (secondary N) is 1. The Hall–Kier alpha value is 0.137. The molecule has 0 amide bonds. The highest BCUT2D eigenvalue weighted by Crippen LogP contribution is 2.30. The third-order valence-electron chi connectivity index (χ3n) is 3.40. The number of rotatable bonds is 5. The summed E-state index contributed by atoms with van der Waals surface area (Å²) in [6, 6.07) is 0. The molecule has 0 aromatic heterocycles. The van der Waals surface area contributed by atoms with E-state index >= 15 is 0 Å². The Kier molecular flexibility index (Phi) is 5.13. The van der Waals surface area contributed by atoms with Gasteiger partial charge in [-0.15, -0.1) is 0 Å². The van der Waals surface area contributed by atoms with Gasteiger partial charge in [0.2, 0.25) is 0 Å². The van der Waals surface area contributed by atoms with E-state index in [4.69, 9.17) is 4.43 Å².